The maximum Gasteiger partial charge on any atom is 0.395 e. The Balaban J connectivity index is 2.83. The molecule has 86 valence electrons. The first kappa shape index (κ1) is 12.4. The van der Waals surface area contributed by atoms with Crippen molar-refractivity contribution in [2.45, 2.75) is 38.9 Å². The fourth-order valence-electron chi connectivity index (χ4n) is 1.28. The number of halogens is 3. The van der Waals surface area contributed by atoms with Gasteiger partial charge in [-0.25, -0.2) is 4.98 Å². The second kappa shape index (κ2) is 4.94. The van der Waals surface area contributed by atoms with Crippen LogP contribution >= 0.6 is 11.3 Å². The van der Waals surface area contributed by atoms with Gasteiger partial charge in [0.15, 0.2) is 0 Å². The maximum absolute atomic E-state index is 12.1. The van der Waals surface area contributed by atoms with Crippen LogP contribution in [0.5, 0.6) is 0 Å². The first-order valence-electron chi connectivity index (χ1n) is 4.70. The van der Waals surface area contributed by atoms with Crippen LogP contribution in [0.25, 0.3) is 0 Å². The van der Waals surface area contributed by atoms with Crippen LogP contribution < -0.4 is 5.73 Å². The van der Waals surface area contributed by atoms with Gasteiger partial charge < -0.3 is 5.73 Å². The zero-order valence-corrected chi connectivity index (χ0v) is 9.21. The first-order valence-corrected chi connectivity index (χ1v) is 5.52. The Kier molecular flexibility index (Phi) is 4.10. The van der Waals surface area contributed by atoms with Crippen LogP contribution in [0.15, 0.2) is 0 Å². The van der Waals surface area contributed by atoms with E-state index in [1.807, 2.05) is 6.92 Å². The van der Waals surface area contributed by atoms with E-state index >= 15 is 0 Å². The minimum atomic E-state index is -4.19. The van der Waals surface area contributed by atoms with E-state index in [0.717, 1.165) is 28.3 Å². The average Bonchev–Trinajstić information content (AvgIpc) is 2.45. The molecule has 6 heteroatoms. The SMILES string of the molecule is CCCc1nc(CC(F)(F)F)sc1CN. The molecule has 0 aliphatic carbocycles. The fraction of sp³-hybridized carbons (Fsp3) is 0.667. The molecule has 0 aliphatic heterocycles. The Morgan fingerprint density at radius 3 is 2.53 bits per heavy atom. The van der Waals surface area contributed by atoms with Gasteiger partial charge in [-0.1, -0.05) is 13.3 Å². The molecule has 0 amide bonds. The van der Waals surface area contributed by atoms with E-state index in [4.69, 9.17) is 5.73 Å². The van der Waals surface area contributed by atoms with Crippen molar-refractivity contribution in [3.05, 3.63) is 15.6 Å². The standard InChI is InChI=1S/C9H13F3N2S/c1-2-3-6-7(5-13)15-8(14-6)4-9(10,11)12/h2-5,13H2,1H3. The van der Waals surface area contributed by atoms with Crippen molar-refractivity contribution in [1.29, 1.82) is 0 Å². The van der Waals surface area contributed by atoms with Gasteiger partial charge in [0.05, 0.1) is 12.1 Å². The third-order valence-corrected chi connectivity index (χ3v) is 2.97. The van der Waals surface area contributed by atoms with Gasteiger partial charge in [0, 0.05) is 11.4 Å². The predicted octanol–water partition coefficient (Wildman–Crippen LogP) is 2.66. The molecule has 15 heavy (non-hydrogen) atoms. The molecule has 1 aromatic rings. The molecule has 0 atom stereocenters. The van der Waals surface area contributed by atoms with Crippen molar-refractivity contribution >= 4 is 11.3 Å². The van der Waals surface area contributed by atoms with Crippen molar-refractivity contribution in [2.24, 2.45) is 5.73 Å². The smallest absolute Gasteiger partial charge is 0.326 e. The number of alkyl halides is 3. The van der Waals surface area contributed by atoms with Gasteiger partial charge in [-0.15, -0.1) is 11.3 Å². The Labute approximate surface area is 90.3 Å². The highest BCUT2D eigenvalue weighted by Gasteiger charge is 2.29. The molecule has 0 unspecified atom stereocenters. The predicted molar refractivity (Wildman–Crippen MR) is 53.8 cm³/mol. The number of aromatic nitrogens is 1. The lowest BCUT2D eigenvalue weighted by Crippen LogP contribution is -2.11. The van der Waals surface area contributed by atoms with Gasteiger partial charge in [0.25, 0.3) is 0 Å². The summed E-state index contributed by atoms with van der Waals surface area (Å²) < 4.78 is 36.3. The van der Waals surface area contributed by atoms with E-state index in [2.05, 4.69) is 4.98 Å². The van der Waals surface area contributed by atoms with Gasteiger partial charge in [-0.3, -0.25) is 0 Å². The normalized spacial score (nSPS) is 12.1. The quantitative estimate of drug-likeness (QED) is 0.875. The average molecular weight is 238 g/mol. The van der Waals surface area contributed by atoms with Crippen LogP contribution in [0.1, 0.15) is 28.9 Å². The Bertz CT molecular complexity index is 320. The molecule has 0 aromatic carbocycles. The van der Waals surface area contributed by atoms with Gasteiger partial charge in [-0.2, -0.15) is 13.2 Å². The number of nitrogens with zero attached hydrogens (tertiary/aromatic N) is 1. The summed E-state index contributed by atoms with van der Waals surface area (Å²) in [6.07, 6.45) is -3.58. The molecule has 0 aliphatic rings. The second-order valence-corrected chi connectivity index (χ2v) is 4.39. The van der Waals surface area contributed by atoms with Crippen LogP contribution in [0.3, 0.4) is 0 Å². The molecule has 1 heterocycles. The summed E-state index contributed by atoms with van der Waals surface area (Å²) in [7, 11) is 0. The molecule has 0 bridgehead atoms. The monoisotopic (exact) mass is 238 g/mol. The lowest BCUT2D eigenvalue weighted by Gasteiger charge is -2.01. The number of nitrogens with two attached hydrogens (primary N) is 1. The zero-order chi connectivity index (χ0) is 11.5. The summed E-state index contributed by atoms with van der Waals surface area (Å²) in [6, 6.07) is 0. The Morgan fingerprint density at radius 2 is 2.07 bits per heavy atom. The van der Waals surface area contributed by atoms with E-state index < -0.39 is 12.6 Å². The highest BCUT2D eigenvalue weighted by molar-refractivity contribution is 7.11. The Morgan fingerprint density at radius 1 is 1.40 bits per heavy atom. The van der Waals surface area contributed by atoms with Crippen LogP contribution in [-0.2, 0) is 19.4 Å². The largest absolute Gasteiger partial charge is 0.395 e. The molecule has 2 nitrogen and oxygen atoms in total. The molecular weight excluding hydrogens is 225 g/mol. The topological polar surface area (TPSA) is 38.9 Å². The maximum atomic E-state index is 12.1. The molecule has 1 rings (SSSR count). The zero-order valence-electron chi connectivity index (χ0n) is 8.40. The summed E-state index contributed by atoms with van der Waals surface area (Å²) >= 11 is 1.07. The number of aryl methyl sites for hydroxylation is 1. The van der Waals surface area contributed by atoms with E-state index in [1.54, 1.807) is 0 Å². The van der Waals surface area contributed by atoms with Gasteiger partial charge in [0.1, 0.15) is 5.01 Å². The molecule has 0 radical (unpaired) electrons. The number of thiazole rings is 1. The van der Waals surface area contributed by atoms with Crippen LogP contribution in [0.2, 0.25) is 0 Å². The number of hydrogen-bond donors (Lipinski definition) is 1. The summed E-state index contributed by atoms with van der Waals surface area (Å²) in [5.74, 6) is 0. The highest BCUT2D eigenvalue weighted by Crippen LogP contribution is 2.26. The third-order valence-electron chi connectivity index (χ3n) is 1.85. The highest BCUT2D eigenvalue weighted by atomic mass is 32.1. The van der Waals surface area contributed by atoms with Crippen molar-refractivity contribution in [2.75, 3.05) is 0 Å². The summed E-state index contributed by atoms with van der Waals surface area (Å²) in [4.78, 5) is 4.75. The van der Waals surface area contributed by atoms with Crippen molar-refractivity contribution in [3.8, 4) is 0 Å². The van der Waals surface area contributed by atoms with Crippen molar-refractivity contribution < 1.29 is 13.2 Å². The molecule has 0 saturated carbocycles. The van der Waals surface area contributed by atoms with Gasteiger partial charge >= 0.3 is 6.18 Å². The minimum absolute atomic E-state index is 0.117. The van der Waals surface area contributed by atoms with E-state index in [9.17, 15) is 13.2 Å². The van der Waals surface area contributed by atoms with Gasteiger partial charge in [-0.05, 0) is 6.42 Å². The molecule has 0 spiro atoms. The lowest BCUT2D eigenvalue weighted by atomic mass is 10.2. The second-order valence-electron chi connectivity index (χ2n) is 3.22. The van der Waals surface area contributed by atoms with Crippen LogP contribution in [0, 0.1) is 0 Å². The van der Waals surface area contributed by atoms with Crippen molar-refractivity contribution in [1.82, 2.24) is 4.98 Å². The summed E-state index contributed by atoms with van der Waals surface area (Å²) in [5, 5.41) is 0.117. The molecule has 0 saturated heterocycles. The lowest BCUT2D eigenvalue weighted by molar-refractivity contribution is -0.127. The van der Waals surface area contributed by atoms with Crippen LogP contribution in [-0.4, -0.2) is 11.2 Å². The molecular formula is C9H13F3N2S. The first-order chi connectivity index (χ1) is 6.96. The summed E-state index contributed by atoms with van der Waals surface area (Å²) in [6.45, 7) is 2.23. The van der Waals surface area contributed by atoms with E-state index in [-0.39, 0.29) is 11.6 Å². The van der Waals surface area contributed by atoms with Crippen LogP contribution in [0.4, 0.5) is 13.2 Å². The minimum Gasteiger partial charge on any atom is -0.326 e. The van der Waals surface area contributed by atoms with Gasteiger partial charge in [0.2, 0.25) is 0 Å². The molecule has 0 fully saturated rings. The molecule has 2 N–H and O–H groups in total. The van der Waals surface area contributed by atoms with E-state index in [0.29, 0.717) is 6.42 Å². The Hall–Kier alpha value is -0.620. The fourth-order valence-corrected chi connectivity index (χ4v) is 2.30. The van der Waals surface area contributed by atoms with Crippen molar-refractivity contribution in [3.63, 3.8) is 0 Å². The number of rotatable bonds is 4. The molecule has 1 aromatic heterocycles. The third kappa shape index (κ3) is 3.79. The summed E-state index contributed by atoms with van der Waals surface area (Å²) in [5.41, 5.74) is 6.17. The van der Waals surface area contributed by atoms with E-state index in [1.165, 1.54) is 0 Å². The number of hydrogen-bond acceptors (Lipinski definition) is 3.